The van der Waals surface area contributed by atoms with Crippen LogP contribution in [-0.2, 0) is 16.1 Å². The van der Waals surface area contributed by atoms with Gasteiger partial charge < -0.3 is 26.1 Å². The monoisotopic (exact) mass is 346 g/mol. The van der Waals surface area contributed by atoms with Gasteiger partial charge in [-0.3, -0.25) is 9.59 Å². The summed E-state index contributed by atoms with van der Waals surface area (Å²) in [5.41, 5.74) is 7.94. The summed E-state index contributed by atoms with van der Waals surface area (Å²) in [5.74, 6) is -0.416. The highest BCUT2D eigenvalue weighted by atomic mass is 16.2. The van der Waals surface area contributed by atoms with Gasteiger partial charge in [0.2, 0.25) is 5.91 Å². The molecule has 25 heavy (non-hydrogen) atoms. The lowest BCUT2D eigenvalue weighted by atomic mass is 10.1. The molecule has 4 N–H and O–H groups in total. The number of nitrogens with two attached hydrogens (primary N) is 1. The molecule has 136 valence electrons. The Morgan fingerprint density at radius 3 is 2.88 bits per heavy atom. The molecule has 0 aromatic heterocycles. The van der Waals surface area contributed by atoms with E-state index in [0.717, 1.165) is 36.9 Å². The fraction of sp³-hybridized carbons (Fsp3) is 0.500. The largest absolute Gasteiger partial charge is 0.385 e. The average molecular weight is 346 g/mol. The minimum absolute atomic E-state index is 0.167. The molecule has 1 aliphatic heterocycles. The van der Waals surface area contributed by atoms with Gasteiger partial charge in [-0.15, -0.1) is 0 Å². The third kappa shape index (κ3) is 4.36. The van der Waals surface area contributed by atoms with Crippen molar-refractivity contribution in [1.82, 2.24) is 10.2 Å². The Morgan fingerprint density at radius 2 is 2.20 bits per heavy atom. The lowest BCUT2D eigenvalue weighted by Crippen LogP contribution is -2.46. The second-order valence-corrected chi connectivity index (χ2v) is 6.06. The first kappa shape index (κ1) is 18.9. The standard InChI is InChI=1S/C18H26N4O3/c1-20-17(24)16(8-5-11-23)22-12-14-13(18(22)25)6-4-7-15(14)21-10-3-2-9-19/h4,6-7,11,16,21H,2-3,5,8-10,12,19H2,1H3,(H,20,24). The van der Waals surface area contributed by atoms with Crippen molar-refractivity contribution >= 4 is 23.8 Å². The summed E-state index contributed by atoms with van der Waals surface area (Å²) in [5, 5.41) is 5.94. The molecule has 1 unspecified atom stereocenters. The van der Waals surface area contributed by atoms with Crippen molar-refractivity contribution in [2.24, 2.45) is 5.73 Å². The van der Waals surface area contributed by atoms with Gasteiger partial charge in [-0.1, -0.05) is 6.07 Å². The van der Waals surface area contributed by atoms with E-state index in [1.807, 2.05) is 12.1 Å². The first-order valence-electron chi connectivity index (χ1n) is 8.66. The summed E-state index contributed by atoms with van der Waals surface area (Å²) < 4.78 is 0. The van der Waals surface area contributed by atoms with E-state index in [2.05, 4.69) is 10.6 Å². The molecule has 0 fully saturated rings. The van der Waals surface area contributed by atoms with Gasteiger partial charge in [-0.05, 0) is 37.9 Å². The maximum atomic E-state index is 12.8. The van der Waals surface area contributed by atoms with E-state index in [9.17, 15) is 14.4 Å². The fourth-order valence-corrected chi connectivity index (χ4v) is 3.09. The predicted octanol–water partition coefficient (Wildman–Crippen LogP) is 0.887. The van der Waals surface area contributed by atoms with Crippen LogP contribution in [0.4, 0.5) is 5.69 Å². The fourth-order valence-electron chi connectivity index (χ4n) is 3.09. The molecule has 7 nitrogen and oxygen atoms in total. The highest BCUT2D eigenvalue weighted by Crippen LogP contribution is 2.31. The molecular weight excluding hydrogens is 320 g/mol. The van der Waals surface area contributed by atoms with E-state index >= 15 is 0 Å². The molecule has 0 spiro atoms. The van der Waals surface area contributed by atoms with Gasteiger partial charge in [0.25, 0.3) is 5.91 Å². The zero-order valence-electron chi connectivity index (χ0n) is 14.6. The number of carbonyl (C=O) groups is 3. The van der Waals surface area contributed by atoms with Crippen LogP contribution in [0.25, 0.3) is 0 Å². The zero-order valence-corrected chi connectivity index (χ0v) is 14.6. The van der Waals surface area contributed by atoms with Gasteiger partial charge in [-0.25, -0.2) is 0 Å². The van der Waals surface area contributed by atoms with Gasteiger partial charge in [0.1, 0.15) is 12.3 Å². The molecule has 0 aliphatic carbocycles. The molecule has 1 aromatic rings. The number of hydrogen-bond acceptors (Lipinski definition) is 5. The predicted molar refractivity (Wildman–Crippen MR) is 96.2 cm³/mol. The summed E-state index contributed by atoms with van der Waals surface area (Å²) in [6.45, 7) is 1.81. The van der Waals surface area contributed by atoms with Crippen molar-refractivity contribution in [2.75, 3.05) is 25.5 Å². The van der Waals surface area contributed by atoms with E-state index in [-0.39, 0.29) is 18.2 Å². The number of hydrogen-bond donors (Lipinski definition) is 3. The molecule has 0 bridgehead atoms. The third-order valence-corrected chi connectivity index (χ3v) is 4.43. The quantitative estimate of drug-likeness (QED) is 0.431. The Kier molecular flexibility index (Phi) is 6.94. The van der Waals surface area contributed by atoms with Crippen LogP contribution in [0.5, 0.6) is 0 Å². The first-order valence-corrected chi connectivity index (χ1v) is 8.66. The molecule has 1 aliphatic rings. The van der Waals surface area contributed by atoms with Crippen molar-refractivity contribution in [2.45, 2.75) is 38.3 Å². The molecule has 2 amide bonds. The van der Waals surface area contributed by atoms with Crippen molar-refractivity contribution in [1.29, 1.82) is 0 Å². The Balaban J connectivity index is 2.17. The molecular formula is C18H26N4O3. The Labute approximate surface area is 147 Å². The molecule has 2 rings (SSSR count). The first-order chi connectivity index (χ1) is 12.1. The molecule has 1 atom stereocenters. The topological polar surface area (TPSA) is 105 Å². The number of carbonyl (C=O) groups excluding carboxylic acids is 3. The summed E-state index contributed by atoms with van der Waals surface area (Å²) in [7, 11) is 1.54. The second kappa shape index (κ2) is 9.17. The van der Waals surface area contributed by atoms with Gasteiger partial charge in [0.05, 0.1) is 0 Å². The minimum atomic E-state index is -0.639. The summed E-state index contributed by atoms with van der Waals surface area (Å²) in [4.78, 5) is 37.2. The SMILES string of the molecule is CNC(=O)C(CCC=O)N1Cc2c(NCCCCN)cccc2C1=O. The highest BCUT2D eigenvalue weighted by Gasteiger charge is 2.36. The molecule has 0 saturated heterocycles. The number of nitrogens with zero attached hydrogens (tertiary/aromatic N) is 1. The van der Waals surface area contributed by atoms with Crippen LogP contribution >= 0.6 is 0 Å². The lowest BCUT2D eigenvalue weighted by Gasteiger charge is -2.25. The van der Waals surface area contributed by atoms with E-state index in [1.165, 1.54) is 7.05 Å². The summed E-state index contributed by atoms with van der Waals surface area (Å²) in [6, 6.07) is 4.92. The number of nitrogens with one attached hydrogen (secondary N) is 2. The molecule has 1 heterocycles. The lowest BCUT2D eigenvalue weighted by molar-refractivity contribution is -0.125. The van der Waals surface area contributed by atoms with Crippen LogP contribution in [0, 0.1) is 0 Å². The summed E-state index contributed by atoms with van der Waals surface area (Å²) >= 11 is 0. The summed E-state index contributed by atoms with van der Waals surface area (Å²) in [6.07, 6.45) is 3.23. The van der Waals surface area contributed by atoms with Crippen LogP contribution in [0.2, 0.25) is 0 Å². The van der Waals surface area contributed by atoms with Crippen LogP contribution in [0.15, 0.2) is 18.2 Å². The van der Waals surface area contributed by atoms with E-state index < -0.39 is 6.04 Å². The van der Waals surface area contributed by atoms with E-state index in [4.69, 9.17) is 5.73 Å². The Hall–Kier alpha value is -2.41. The number of amides is 2. The van der Waals surface area contributed by atoms with Crippen molar-refractivity contribution < 1.29 is 14.4 Å². The van der Waals surface area contributed by atoms with E-state index in [0.29, 0.717) is 25.1 Å². The van der Waals surface area contributed by atoms with Gasteiger partial charge in [0, 0.05) is 43.4 Å². The maximum Gasteiger partial charge on any atom is 0.255 e. The number of rotatable bonds is 10. The normalized spacial score (nSPS) is 14.2. The van der Waals surface area contributed by atoms with Gasteiger partial charge in [0.15, 0.2) is 0 Å². The maximum absolute atomic E-state index is 12.8. The van der Waals surface area contributed by atoms with Gasteiger partial charge >= 0.3 is 0 Å². The number of unbranched alkanes of at least 4 members (excludes halogenated alkanes) is 1. The second-order valence-electron chi connectivity index (χ2n) is 6.06. The molecule has 0 saturated carbocycles. The van der Waals surface area contributed by atoms with Crippen LogP contribution in [0.1, 0.15) is 41.6 Å². The van der Waals surface area contributed by atoms with Crippen molar-refractivity contribution in [3.05, 3.63) is 29.3 Å². The number of aldehydes is 1. The molecule has 1 aromatic carbocycles. The number of fused-ring (bicyclic) bond motifs is 1. The Bertz CT molecular complexity index is 633. The average Bonchev–Trinajstić information content (AvgIpc) is 2.96. The number of anilines is 1. The van der Waals surface area contributed by atoms with Crippen molar-refractivity contribution in [3.8, 4) is 0 Å². The highest BCUT2D eigenvalue weighted by molar-refractivity contribution is 6.02. The van der Waals surface area contributed by atoms with Crippen LogP contribution in [-0.4, -0.2) is 49.2 Å². The number of likely N-dealkylation sites (N-methyl/N-ethyl adjacent to an activating group) is 1. The number of benzene rings is 1. The van der Waals surface area contributed by atoms with Crippen LogP contribution < -0.4 is 16.4 Å². The minimum Gasteiger partial charge on any atom is -0.385 e. The smallest absolute Gasteiger partial charge is 0.255 e. The van der Waals surface area contributed by atoms with Crippen LogP contribution in [0.3, 0.4) is 0 Å². The third-order valence-electron chi connectivity index (χ3n) is 4.43. The molecule has 0 radical (unpaired) electrons. The molecule has 7 heteroatoms. The van der Waals surface area contributed by atoms with Crippen molar-refractivity contribution in [3.63, 3.8) is 0 Å². The van der Waals surface area contributed by atoms with E-state index in [1.54, 1.807) is 11.0 Å². The Morgan fingerprint density at radius 1 is 1.40 bits per heavy atom. The zero-order chi connectivity index (χ0) is 18.2. The van der Waals surface area contributed by atoms with Gasteiger partial charge in [-0.2, -0.15) is 0 Å².